The number of carbonyl (C=O) groups is 1. The molecule has 0 unspecified atom stereocenters. The largest absolute Gasteiger partial charge is 0.379 e. The Bertz CT molecular complexity index is 706. The van der Waals surface area contributed by atoms with E-state index in [4.69, 9.17) is 4.74 Å². The molecule has 2 fully saturated rings. The van der Waals surface area contributed by atoms with Gasteiger partial charge >= 0.3 is 0 Å². The van der Waals surface area contributed by atoms with Gasteiger partial charge in [-0.3, -0.25) is 9.69 Å². The number of hydrogen-bond donors (Lipinski definition) is 1. The Labute approximate surface area is 145 Å². The molecule has 1 saturated carbocycles. The van der Waals surface area contributed by atoms with E-state index in [9.17, 15) is 4.79 Å². The van der Waals surface area contributed by atoms with E-state index >= 15 is 0 Å². The maximum absolute atomic E-state index is 12.7. The highest BCUT2D eigenvalue weighted by Gasteiger charge is 2.51. The summed E-state index contributed by atoms with van der Waals surface area (Å²) in [5.74, 6) is 0.0703. The zero-order valence-corrected chi connectivity index (χ0v) is 14.3. The first-order chi connectivity index (χ1) is 11.8. The van der Waals surface area contributed by atoms with Crippen LogP contribution in [-0.2, 0) is 21.5 Å². The van der Waals surface area contributed by atoms with Gasteiger partial charge < -0.3 is 10.1 Å². The predicted octanol–water partition coefficient (Wildman–Crippen LogP) is 2.65. The topological polar surface area (TPSA) is 54.5 Å². The molecule has 0 atom stereocenters. The van der Waals surface area contributed by atoms with Crippen molar-refractivity contribution in [3.63, 3.8) is 0 Å². The van der Waals surface area contributed by atoms with Gasteiger partial charge in [0.25, 0.3) is 0 Å². The molecule has 1 amide bonds. The number of nitrogens with one attached hydrogen (secondary N) is 1. The number of ether oxygens (including phenoxy) is 1. The fourth-order valence-electron chi connectivity index (χ4n) is 3.17. The van der Waals surface area contributed by atoms with Gasteiger partial charge in [-0.25, -0.2) is 4.98 Å². The second-order valence-electron chi connectivity index (χ2n) is 6.43. The van der Waals surface area contributed by atoms with Crippen LogP contribution in [0.3, 0.4) is 0 Å². The molecule has 0 spiro atoms. The van der Waals surface area contributed by atoms with Crippen molar-refractivity contribution >= 4 is 22.4 Å². The minimum Gasteiger partial charge on any atom is -0.379 e. The van der Waals surface area contributed by atoms with Crippen LogP contribution in [0.25, 0.3) is 0 Å². The highest BCUT2D eigenvalue weighted by Crippen LogP contribution is 2.49. The van der Waals surface area contributed by atoms with Gasteiger partial charge in [0, 0.05) is 25.0 Å². The SMILES string of the molecule is O=C(Nc1nc(CN2CCOCC2)cs1)C1(c2ccccc2)CC1. The van der Waals surface area contributed by atoms with Crippen LogP contribution in [0, 0.1) is 0 Å². The molecule has 5 nitrogen and oxygen atoms in total. The molecule has 2 heterocycles. The molecular weight excluding hydrogens is 322 g/mol. The summed E-state index contributed by atoms with van der Waals surface area (Å²) in [6, 6.07) is 10.0. The predicted molar refractivity (Wildman–Crippen MR) is 94.2 cm³/mol. The van der Waals surface area contributed by atoms with Crippen molar-refractivity contribution in [1.82, 2.24) is 9.88 Å². The van der Waals surface area contributed by atoms with Crippen LogP contribution in [0.15, 0.2) is 35.7 Å². The number of amides is 1. The summed E-state index contributed by atoms with van der Waals surface area (Å²) in [5.41, 5.74) is 1.77. The number of morpholine rings is 1. The third-order valence-corrected chi connectivity index (χ3v) is 5.58. The fraction of sp³-hybridized carbons (Fsp3) is 0.444. The van der Waals surface area contributed by atoms with Gasteiger partial charge in [-0.1, -0.05) is 30.3 Å². The number of benzene rings is 1. The van der Waals surface area contributed by atoms with Crippen LogP contribution >= 0.6 is 11.3 Å². The number of hydrogen-bond acceptors (Lipinski definition) is 5. The lowest BCUT2D eigenvalue weighted by atomic mass is 9.95. The van der Waals surface area contributed by atoms with E-state index in [-0.39, 0.29) is 11.3 Å². The molecule has 4 rings (SSSR count). The summed E-state index contributed by atoms with van der Waals surface area (Å²) in [6.07, 6.45) is 1.82. The van der Waals surface area contributed by atoms with E-state index in [1.807, 2.05) is 35.7 Å². The van der Waals surface area contributed by atoms with Crippen LogP contribution in [0.2, 0.25) is 0 Å². The lowest BCUT2D eigenvalue weighted by molar-refractivity contribution is -0.118. The first kappa shape index (κ1) is 15.7. The van der Waals surface area contributed by atoms with Crippen molar-refractivity contribution < 1.29 is 9.53 Å². The van der Waals surface area contributed by atoms with Crippen LogP contribution in [0.5, 0.6) is 0 Å². The van der Waals surface area contributed by atoms with Gasteiger partial charge in [-0.2, -0.15) is 0 Å². The van der Waals surface area contributed by atoms with Gasteiger partial charge in [0.15, 0.2) is 5.13 Å². The maximum Gasteiger partial charge on any atom is 0.236 e. The lowest BCUT2D eigenvalue weighted by Crippen LogP contribution is -2.35. The number of aromatic nitrogens is 1. The molecule has 0 bridgehead atoms. The van der Waals surface area contributed by atoms with Gasteiger partial charge in [-0.15, -0.1) is 11.3 Å². The van der Waals surface area contributed by atoms with Gasteiger partial charge in [0.2, 0.25) is 5.91 Å². The highest BCUT2D eigenvalue weighted by molar-refractivity contribution is 7.13. The van der Waals surface area contributed by atoms with Crippen LogP contribution in [-0.4, -0.2) is 42.1 Å². The number of carbonyl (C=O) groups excluding carboxylic acids is 1. The minimum absolute atomic E-state index is 0.0703. The summed E-state index contributed by atoms with van der Waals surface area (Å²) in [5, 5.41) is 5.76. The molecule has 1 aromatic heterocycles. The molecule has 6 heteroatoms. The molecule has 1 N–H and O–H groups in total. The first-order valence-corrected chi connectivity index (χ1v) is 9.26. The Morgan fingerprint density at radius 1 is 1.25 bits per heavy atom. The fourth-order valence-corrected chi connectivity index (χ4v) is 3.87. The first-order valence-electron chi connectivity index (χ1n) is 8.38. The smallest absolute Gasteiger partial charge is 0.236 e. The van der Waals surface area contributed by atoms with Gasteiger partial charge in [-0.05, 0) is 18.4 Å². The summed E-state index contributed by atoms with van der Waals surface area (Å²) in [7, 11) is 0. The second kappa shape index (κ2) is 6.63. The summed E-state index contributed by atoms with van der Waals surface area (Å²) < 4.78 is 5.37. The maximum atomic E-state index is 12.7. The minimum atomic E-state index is -0.350. The second-order valence-corrected chi connectivity index (χ2v) is 7.29. The highest BCUT2D eigenvalue weighted by atomic mass is 32.1. The van der Waals surface area contributed by atoms with E-state index in [1.165, 1.54) is 11.3 Å². The van der Waals surface area contributed by atoms with Gasteiger partial charge in [0.1, 0.15) is 0 Å². The Balaban J connectivity index is 1.40. The monoisotopic (exact) mass is 343 g/mol. The van der Waals surface area contributed by atoms with E-state index in [0.29, 0.717) is 5.13 Å². The van der Waals surface area contributed by atoms with Gasteiger partial charge in [0.05, 0.1) is 24.3 Å². The summed E-state index contributed by atoms with van der Waals surface area (Å²) in [4.78, 5) is 19.6. The molecule has 1 aliphatic heterocycles. The molecule has 24 heavy (non-hydrogen) atoms. The molecule has 1 aromatic carbocycles. The number of anilines is 1. The number of rotatable bonds is 5. The summed E-state index contributed by atoms with van der Waals surface area (Å²) >= 11 is 1.50. The molecule has 126 valence electrons. The quantitative estimate of drug-likeness (QED) is 0.907. The molecule has 0 radical (unpaired) electrons. The zero-order valence-electron chi connectivity index (χ0n) is 13.5. The zero-order chi connectivity index (χ0) is 16.4. The Morgan fingerprint density at radius 2 is 2.00 bits per heavy atom. The average Bonchev–Trinajstić information content (AvgIpc) is 3.33. The molecular formula is C18H21N3O2S. The van der Waals surface area contributed by atoms with E-state index in [2.05, 4.69) is 15.2 Å². The van der Waals surface area contributed by atoms with Crippen molar-refractivity contribution in [2.45, 2.75) is 24.8 Å². The van der Waals surface area contributed by atoms with E-state index in [1.54, 1.807) is 0 Å². The van der Waals surface area contributed by atoms with Crippen molar-refractivity contribution in [2.24, 2.45) is 0 Å². The number of thiazole rings is 1. The van der Waals surface area contributed by atoms with Crippen LogP contribution < -0.4 is 5.32 Å². The molecule has 2 aliphatic rings. The molecule has 1 saturated heterocycles. The number of nitrogens with zero attached hydrogens (tertiary/aromatic N) is 2. The van der Waals surface area contributed by atoms with E-state index in [0.717, 1.165) is 56.9 Å². The van der Waals surface area contributed by atoms with Crippen molar-refractivity contribution in [2.75, 3.05) is 31.6 Å². The molecule has 1 aliphatic carbocycles. The Morgan fingerprint density at radius 3 is 2.71 bits per heavy atom. The average molecular weight is 343 g/mol. The van der Waals surface area contributed by atoms with Crippen molar-refractivity contribution in [1.29, 1.82) is 0 Å². The normalized spacial score (nSPS) is 19.8. The third-order valence-electron chi connectivity index (χ3n) is 4.77. The molecule has 2 aromatic rings. The standard InChI is InChI=1S/C18H21N3O2S/c22-16(18(6-7-18)14-4-2-1-3-5-14)20-17-19-15(13-24-17)12-21-8-10-23-11-9-21/h1-5,13H,6-12H2,(H,19,20,22). The van der Waals surface area contributed by atoms with E-state index < -0.39 is 0 Å². The summed E-state index contributed by atoms with van der Waals surface area (Å²) in [6.45, 7) is 4.27. The Kier molecular flexibility index (Phi) is 4.35. The van der Waals surface area contributed by atoms with Crippen molar-refractivity contribution in [3.8, 4) is 0 Å². The Hall–Kier alpha value is -1.76. The van der Waals surface area contributed by atoms with Crippen molar-refractivity contribution in [3.05, 3.63) is 47.0 Å². The lowest BCUT2D eigenvalue weighted by Gasteiger charge is -2.25. The third kappa shape index (κ3) is 3.22. The van der Waals surface area contributed by atoms with Crippen LogP contribution in [0.4, 0.5) is 5.13 Å². The van der Waals surface area contributed by atoms with Crippen LogP contribution in [0.1, 0.15) is 24.1 Å².